The summed E-state index contributed by atoms with van der Waals surface area (Å²) < 4.78 is 23.1. The Labute approximate surface area is 127 Å². The topological polar surface area (TPSA) is 66.6 Å². The molecule has 118 valence electrons. The lowest BCUT2D eigenvalue weighted by Crippen LogP contribution is -2.43. The normalized spacial score (nSPS) is 17.9. The lowest BCUT2D eigenvalue weighted by molar-refractivity contribution is 0.221. The number of nitrogen functional groups attached to an aromatic ring is 1. The van der Waals surface area contributed by atoms with E-state index < -0.39 is 9.84 Å². The minimum atomic E-state index is -3.21. The number of nitrogens with zero attached hydrogens (tertiary/aromatic N) is 2. The standard InChI is InChI=1S/C15H25N3O2S/c1-4-18-9-7-12(8-10-18)17(2)15-6-5-13(11-14(15)16)21(3,19)20/h5-6,11-12H,4,7-10,16H2,1-3H3. The Bertz CT molecular complexity index is 593. The maximum absolute atomic E-state index is 11.6. The van der Waals surface area contributed by atoms with Crippen LogP contribution in [0.2, 0.25) is 0 Å². The second-order valence-electron chi connectivity index (χ2n) is 5.77. The predicted octanol–water partition coefficient (Wildman–Crippen LogP) is 1.59. The smallest absolute Gasteiger partial charge is 0.175 e. The number of piperidine rings is 1. The molecule has 0 atom stereocenters. The van der Waals surface area contributed by atoms with Crippen molar-refractivity contribution in [2.45, 2.75) is 30.7 Å². The van der Waals surface area contributed by atoms with Crippen molar-refractivity contribution >= 4 is 21.2 Å². The largest absolute Gasteiger partial charge is 0.397 e. The van der Waals surface area contributed by atoms with Gasteiger partial charge in [-0.1, -0.05) is 6.92 Å². The van der Waals surface area contributed by atoms with Gasteiger partial charge in [-0.3, -0.25) is 0 Å². The lowest BCUT2D eigenvalue weighted by atomic mass is 10.0. The Kier molecular flexibility index (Phi) is 4.78. The minimum Gasteiger partial charge on any atom is -0.397 e. The fraction of sp³-hybridized carbons (Fsp3) is 0.600. The van der Waals surface area contributed by atoms with Gasteiger partial charge >= 0.3 is 0 Å². The molecule has 1 saturated heterocycles. The van der Waals surface area contributed by atoms with Crippen LogP contribution in [-0.4, -0.2) is 52.3 Å². The Balaban J connectivity index is 2.15. The fourth-order valence-electron chi connectivity index (χ4n) is 2.90. The van der Waals surface area contributed by atoms with E-state index >= 15 is 0 Å². The molecule has 2 N–H and O–H groups in total. The Morgan fingerprint density at radius 3 is 2.43 bits per heavy atom. The fourth-order valence-corrected chi connectivity index (χ4v) is 3.56. The molecule has 1 aromatic carbocycles. The van der Waals surface area contributed by atoms with Crippen molar-refractivity contribution in [3.8, 4) is 0 Å². The molecule has 0 aromatic heterocycles. The van der Waals surface area contributed by atoms with Crippen molar-refractivity contribution in [2.75, 3.05) is 43.6 Å². The third-order valence-corrected chi connectivity index (χ3v) is 5.47. The van der Waals surface area contributed by atoms with E-state index in [2.05, 4.69) is 16.7 Å². The van der Waals surface area contributed by atoms with Crippen LogP contribution in [0, 0.1) is 0 Å². The number of anilines is 2. The molecule has 0 amide bonds. The summed E-state index contributed by atoms with van der Waals surface area (Å²) in [5.41, 5.74) is 7.50. The van der Waals surface area contributed by atoms with Crippen LogP contribution in [0.15, 0.2) is 23.1 Å². The van der Waals surface area contributed by atoms with Crippen LogP contribution in [0.4, 0.5) is 11.4 Å². The molecule has 1 heterocycles. The first kappa shape index (κ1) is 16.1. The molecule has 0 unspecified atom stereocenters. The van der Waals surface area contributed by atoms with Crippen molar-refractivity contribution < 1.29 is 8.42 Å². The lowest BCUT2D eigenvalue weighted by Gasteiger charge is -2.37. The summed E-state index contributed by atoms with van der Waals surface area (Å²) in [6.45, 7) is 5.49. The summed E-state index contributed by atoms with van der Waals surface area (Å²) in [6, 6.07) is 5.47. The highest BCUT2D eigenvalue weighted by Gasteiger charge is 2.23. The van der Waals surface area contributed by atoms with Gasteiger partial charge in [-0.2, -0.15) is 0 Å². The number of rotatable bonds is 4. The van der Waals surface area contributed by atoms with Crippen molar-refractivity contribution in [3.05, 3.63) is 18.2 Å². The second kappa shape index (κ2) is 6.23. The highest BCUT2D eigenvalue weighted by Crippen LogP contribution is 2.29. The van der Waals surface area contributed by atoms with E-state index in [1.807, 2.05) is 13.1 Å². The van der Waals surface area contributed by atoms with Crippen LogP contribution >= 0.6 is 0 Å². The highest BCUT2D eigenvalue weighted by molar-refractivity contribution is 7.90. The van der Waals surface area contributed by atoms with Gasteiger partial charge in [0.2, 0.25) is 0 Å². The molecule has 1 fully saturated rings. The summed E-state index contributed by atoms with van der Waals surface area (Å²) >= 11 is 0. The first-order chi connectivity index (χ1) is 9.82. The summed E-state index contributed by atoms with van der Waals surface area (Å²) in [4.78, 5) is 4.91. The monoisotopic (exact) mass is 311 g/mol. The first-order valence-corrected chi connectivity index (χ1v) is 9.27. The van der Waals surface area contributed by atoms with Gasteiger partial charge < -0.3 is 15.5 Å². The van der Waals surface area contributed by atoms with Gasteiger partial charge in [-0.05, 0) is 37.6 Å². The SMILES string of the molecule is CCN1CCC(N(C)c2ccc(S(C)(=O)=O)cc2N)CC1. The zero-order valence-electron chi connectivity index (χ0n) is 13.0. The molecule has 0 bridgehead atoms. The molecule has 1 aromatic rings. The third-order valence-electron chi connectivity index (χ3n) is 4.36. The van der Waals surface area contributed by atoms with Crippen molar-refractivity contribution in [2.24, 2.45) is 0 Å². The van der Waals surface area contributed by atoms with Crippen molar-refractivity contribution in [3.63, 3.8) is 0 Å². The van der Waals surface area contributed by atoms with Gasteiger partial charge in [0.1, 0.15) is 0 Å². The van der Waals surface area contributed by atoms with Crippen LogP contribution in [0.1, 0.15) is 19.8 Å². The quantitative estimate of drug-likeness (QED) is 0.856. The highest BCUT2D eigenvalue weighted by atomic mass is 32.2. The molecule has 1 aliphatic heterocycles. The Morgan fingerprint density at radius 2 is 1.95 bits per heavy atom. The van der Waals surface area contributed by atoms with Gasteiger partial charge in [0, 0.05) is 32.4 Å². The van der Waals surface area contributed by atoms with E-state index in [4.69, 9.17) is 5.73 Å². The Hall–Kier alpha value is -1.27. The molecular formula is C15H25N3O2S. The van der Waals surface area contributed by atoms with Crippen LogP contribution < -0.4 is 10.6 Å². The zero-order chi connectivity index (χ0) is 15.6. The number of sulfone groups is 1. The molecule has 6 heteroatoms. The van der Waals surface area contributed by atoms with E-state index in [9.17, 15) is 8.42 Å². The van der Waals surface area contributed by atoms with E-state index in [1.54, 1.807) is 12.1 Å². The van der Waals surface area contributed by atoms with Crippen molar-refractivity contribution in [1.82, 2.24) is 4.90 Å². The minimum absolute atomic E-state index is 0.276. The van der Waals surface area contributed by atoms with Gasteiger partial charge in [-0.15, -0.1) is 0 Å². The van der Waals surface area contributed by atoms with Crippen LogP contribution in [0.3, 0.4) is 0 Å². The number of hydrogen-bond donors (Lipinski definition) is 1. The van der Waals surface area contributed by atoms with Crippen molar-refractivity contribution in [1.29, 1.82) is 0 Å². The molecule has 21 heavy (non-hydrogen) atoms. The summed E-state index contributed by atoms with van der Waals surface area (Å²) in [6.07, 6.45) is 3.42. The molecule has 0 aliphatic carbocycles. The van der Waals surface area contributed by atoms with E-state index in [0.29, 0.717) is 11.7 Å². The van der Waals surface area contributed by atoms with Crippen LogP contribution in [-0.2, 0) is 9.84 Å². The molecule has 0 radical (unpaired) electrons. The van der Waals surface area contributed by atoms with Gasteiger partial charge in [-0.25, -0.2) is 8.42 Å². The maximum Gasteiger partial charge on any atom is 0.175 e. The zero-order valence-corrected chi connectivity index (χ0v) is 13.9. The average Bonchev–Trinajstić information content (AvgIpc) is 2.45. The van der Waals surface area contributed by atoms with Gasteiger partial charge in [0.15, 0.2) is 9.84 Å². The first-order valence-electron chi connectivity index (χ1n) is 7.37. The molecule has 0 spiro atoms. The van der Waals surface area contributed by atoms with Gasteiger partial charge in [0.05, 0.1) is 16.3 Å². The van der Waals surface area contributed by atoms with E-state index in [-0.39, 0.29) is 4.90 Å². The van der Waals surface area contributed by atoms with Gasteiger partial charge in [0.25, 0.3) is 0 Å². The summed E-state index contributed by atoms with van der Waals surface area (Å²) in [7, 11) is -1.17. The molecule has 2 rings (SSSR count). The molecule has 5 nitrogen and oxygen atoms in total. The summed E-state index contributed by atoms with van der Waals surface area (Å²) in [5, 5.41) is 0. The van der Waals surface area contributed by atoms with E-state index in [1.165, 1.54) is 6.26 Å². The second-order valence-corrected chi connectivity index (χ2v) is 7.78. The molecule has 0 saturated carbocycles. The molecular weight excluding hydrogens is 286 g/mol. The number of hydrogen-bond acceptors (Lipinski definition) is 5. The summed E-state index contributed by atoms with van der Waals surface area (Å²) in [5.74, 6) is 0. The number of likely N-dealkylation sites (tertiary alicyclic amines) is 1. The predicted molar refractivity (Wildman–Crippen MR) is 87.5 cm³/mol. The van der Waals surface area contributed by atoms with Crippen LogP contribution in [0.5, 0.6) is 0 Å². The number of nitrogens with two attached hydrogens (primary N) is 1. The number of benzene rings is 1. The average molecular weight is 311 g/mol. The van der Waals surface area contributed by atoms with E-state index in [0.717, 1.165) is 38.2 Å². The Morgan fingerprint density at radius 1 is 1.33 bits per heavy atom. The third kappa shape index (κ3) is 3.68. The van der Waals surface area contributed by atoms with Crippen LogP contribution in [0.25, 0.3) is 0 Å². The molecule has 1 aliphatic rings. The maximum atomic E-state index is 11.6.